The second-order valence-corrected chi connectivity index (χ2v) is 10.3. The van der Waals surface area contributed by atoms with Crippen molar-refractivity contribution in [3.8, 4) is 11.4 Å². The van der Waals surface area contributed by atoms with Crippen LogP contribution in [0.3, 0.4) is 0 Å². The minimum Gasteiger partial charge on any atom is -0.309 e. The fraction of sp³-hybridized carbons (Fsp3) is 0.118. The van der Waals surface area contributed by atoms with Crippen molar-refractivity contribution in [3.05, 3.63) is 121 Å². The zero-order chi connectivity index (χ0) is 28.8. The Balaban J connectivity index is 1.75. The number of rotatable bonds is 2. The summed E-state index contributed by atoms with van der Waals surface area (Å²) >= 11 is 0. The lowest BCUT2D eigenvalue weighted by Gasteiger charge is -2.27. The van der Waals surface area contributed by atoms with Gasteiger partial charge in [-0.2, -0.15) is 0 Å². The zero-order valence-corrected chi connectivity index (χ0v) is 20.5. The topological polar surface area (TPSA) is 9.86 Å². The first-order valence-corrected chi connectivity index (χ1v) is 12.2. The van der Waals surface area contributed by atoms with Gasteiger partial charge in [-0.1, -0.05) is 99.6 Å². The molecule has 7 rings (SSSR count). The lowest BCUT2D eigenvalue weighted by Crippen LogP contribution is -2.17. The molecule has 0 spiro atoms. The summed E-state index contributed by atoms with van der Waals surface area (Å²) in [6.45, 7) is 6.51. The average molecular weight is 470 g/mol. The Labute approximate surface area is 218 Å². The summed E-state index contributed by atoms with van der Waals surface area (Å²) in [7, 11) is 0. The van der Waals surface area contributed by atoms with E-state index in [-0.39, 0.29) is 35.3 Å². The fourth-order valence-electron chi connectivity index (χ4n) is 5.74. The highest BCUT2D eigenvalue weighted by Gasteiger charge is 2.28. The van der Waals surface area contributed by atoms with E-state index in [9.17, 15) is 0 Å². The Morgan fingerprint density at radius 2 is 1.06 bits per heavy atom. The van der Waals surface area contributed by atoms with Crippen molar-refractivity contribution in [3.63, 3.8) is 0 Å². The van der Waals surface area contributed by atoms with Crippen molar-refractivity contribution in [2.24, 2.45) is 0 Å². The Morgan fingerprint density at radius 3 is 1.61 bits per heavy atom. The molecule has 0 N–H and O–H groups in total. The fourth-order valence-corrected chi connectivity index (χ4v) is 5.74. The lowest BCUT2D eigenvalue weighted by molar-refractivity contribution is 0.591. The first-order chi connectivity index (χ1) is 19.6. The number of para-hydroxylation sites is 4. The van der Waals surface area contributed by atoms with Crippen LogP contribution in [-0.2, 0) is 5.41 Å². The highest BCUT2D eigenvalue weighted by atomic mass is 15.0. The largest absolute Gasteiger partial charge is 0.309 e. The van der Waals surface area contributed by atoms with E-state index in [1.807, 2.05) is 28.8 Å². The molecule has 5 aromatic carbocycles. The molecular weight excluding hydrogens is 436 g/mol. The predicted octanol–water partition coefficient (Wildman–Crippen LogP) is 9.18. The van der Waals surface area contributed by atoms with Crippen LogP contribution in [0.15, 0.2) is 115 Å². The third-order valence-electron chi connectivity index (χ3n) is 7.10. The number of fused-ring (bicyclic) bond motifs is 6. The summed E-state index contributed by atoms with van der Waals surface area (Å²) < 4.78 is 47.1. The van der Waals surface area contributed by atoms with Gasteiger partial charge < -0.3 is 9.13 Å². The Morgan fingerprint density at radius 1 is 0.556 bits per heavy atom. The molecule has 0 fully saturated rings. The number of hydrogen-bond acceptors (Lipinski definition) is 0. The number of benzene rings is 5. The van der Waals surface area contributed by atoms with Gasteiger partial charge in [0.2, 0.25) is 0 Å². The molecule has 2 aromatic heterocycles. The van der Waals surface area contributed by atoms with E-state index in [4.69, 9.17) is 6.85 Å². The van der Waals surface area contributed by atoms with Gasteiger partial charge in [0.15, 0.2) is 0 Å². The van der Waals surface area contributed by atoms with E-state index >= 15 is 0 Å². The van der Waals surface area contributed by atoms with Crippen LogP contribution < -0.4 is 0 Å². The highest BCUT2D eigenvalue weighted by molar-refractivity contribution is 6.13. The maximum absolute atomic E-state index is 8.90. The normalized spacial score (nSPS) is 14.2. The Hall–Kier alpha value is -4.30. The van der Waals surface area contributed by atoms with Gasteiger partial charge in [0.05, 0.1) is 34.6 Å². The quantitative estimate of drug-likeness (QED) is 0.239. The minimum absolute atomic E-state index is 0.159. The van der Waals surface area contributed by atoms with E-state index in [1.165, 1.54) is 0 Å². The summed E-state index contributed by atoms with van der Waals surface area (Å²) in [6, 6.07) is 27.4. The van der Waals surface area contributed by atoms with Crippen molar-refractivity contribution in [2.75, 3.05) is 0 Å². The van der Waals surface area contributed by atoms with Crippen LogP contribution in [0, 0.1) is 0 Å². The number of nitrogens with zero attached hydrogens (tertiary/aromatic N) is 2. The molecule has 2 heterocycles. The van der Waals surface area contributed by atoms with Crippen molar-refractivity contribution in [1.29, 1.82) is 0 Å². The summed E-state index contributed by atoms with van der Waals surface area (Å²) in [5.41, 5.74) is 5.63. The van der Waals surface area contributed by atoms with Gasteiger partial charge in [-0.15, -0.1) is 0 Å². The molecule has 0 aliphatic carbocycles. The van der Waals surface area contributed by atoms with Crippen LogP contribution in [0.4, 0.5) is 0 Å². The third kappa shape index (κ3) is 2.91. The van der Waals surface area contributed by atoms with Crippen LogP contribution >= 0.6 is 0 Å². The van der Waals surface area contributed by atoms with Gasteiger partial charge in [0, 0.05) is 32.8 Å². The molecule has 0 aliphatic rings. The van der Waals surface area contributed by atoms with E-state index in [0.29, 0.717) is 0 Å². The van der Waals surface area contributed by atoms with Crippen LogP contribution in [0.5, 0.6) is 0 Å². The molecule has 0 amide bonds. The molecule has 174 valence electrons. The molecule has 0 unspecified atom stereocenters. The molecule has 0 atom stereocenters. The number of hydrogen-bond donors (Lipinski definition) is 0. The van der Waals surface area contributed by atoms with Gasteiger partial charge in [-0.25, -0.2) is 0 Å². The first-order valence-electron chi connectivity index (χ1n) is 14.7. The Kier molecular flexibility index (Phi) is 3.46. The van der Waals surface area contributed by atoms with E-state index < -0.39 is 6.04 Å². The molecule has 2 heteroatoms. The molecule has 0 radical (unpaired) electrons. The van der Waals surface area contributed by atoms with Crippen LogP contribution in [0.2, 0.25) is 0 Å². The van der Waals surface area contributed by atoms with E-state index in [2.05, 4.69) is 86.0 Å². The van der Waals surface area contributed by atoms with Gasteiger partial charge >= 0.3 is 0 Å². The second-order valence-electron chi connectivity index (χ2n) is 10.3. The molecule has 0 saturated carbocycles. The predicted molar refractivity (Wildman–Crippen MR) is 154 cm³/mol. The summed E-state index contributed by atoms with van der Waals surface area (Å²) in [4.78, 5) is 0. The summed E-state index contributed by atoms with van der Waals surface area (Å²) in [5, 5.41) is 4.26. The van der Waals surface area contributed by atoms with Crippen LogP contribution in [0.1, 0.15) is 33.2 Å². The average Bonchev–Trinajstić information content (AvgIpc) is 3.47. The minimum atomic E-state index is -0.397. The number of aromatic nitrogens is 2. The molecule has 2 nitrogen and oxygen atoms in total. The third-order valence-corrected chi connectivity index (χ3v) is 7.10. The molecule has 0 bridgehead atoms. The van der Waals surface area contributed by atoms with E-state index in [0.717, 1.165) is 54.9 Å². The van der Waals surface area contributed by atoms with Crippen LogP contribution in [0.25, 0.3) is 55.0 Å². The molecular formula is C34H28N2. The highest BCUT2D eigenvalue weighted by Crippen LogP contribution is 2.43. The van der Waals surface area contributed by atoms with Gasteiger partial charge in [0.25, 0.3) is 0 Å². The molecule has 0 aliphatic heterocycles. The van der Waals surface area contributed by atoms with Gasteiger partial charge in [0.1, 0.15) is 0 Å². The van der Waals surface area contributed by atoms with Crippen molar-refractivity contribution in [2.45, 2.75) is 26.2 Å². The SMILES string of the molecule is [2H]c1c([2H])c([2H])c(-n2c3ccccc3c3ccc(-n4c5ccccc5c5ccccc54)c(C(C)(C)C)c32)c([2H])c1[2H]. The molecule has 36 heavy (non-hydrogen) atoms. The smallest absolute Gasteiger partial charge is 0.0645 e. The second kappa shape index (κ2) is 7.60. The summed E-state index contributed by atoms with van der Waals surface area (Å²) in [5.74, 6) is 0. The van der Waals surface area contributed by atoms with E-state index in [1.54, 1.807) is 0 Å². The Bertz CT molecular complexity index is 2120. The van der Waals surface area contributed by atoms with Crippen molar-refractivity contribution >= 4 is 43.6 Å². The van der Waals surface area contributed by atoms with Gasteiger partial charge in [-0.05, 0) is 41.8 Å². The molecule has 0 saturated heterocycles. The first kappa shape index (κ1) is 16.4. The van der Waals surface area contributed by atoms with Crippen molar-refractivity contribution < 1.29 is 6.85 Å². The summed E-state index contributed by atoms with van der Waals surface area (Å²) in [6.07, 6.45) is 0. The monoisotopic (exact) mass is 469 g/mol. The lowest BCUT2D eigenvalue weighted by atomic mass is 9.84. The van der Waals surface area contributed by atoms with Gasteiger partial charge in [-0.3, -0.25) is 0 Å². The maximum Gasteiger partial charge on any atom is 0.0645 e. The zero-order valence-electron chi connectivity index (χ0n) is 25.5. The maximum atomic E-state index is 8.90. The van der Waals surface area contributed by atoms with Crippen LogP contribution in [-0.4, -0.2) is 9.13 Å². The molecule has 7 aromatic rings. The standard InChI is InChI=1S/C34H28N2/c1-34(2,3)32-31(36-29-19-11-7-15-24(29)25-16-8-12-20-30(25)36)22-21-27-26-17-9-10-18-28(26)35(33(27)32)23-13-5-4-6-14-23/h4-22H,1-3H3/i4D,5D,6D,13D,14D. The van der Waals surface area contributed by atoms with Crippen molar-refractivity contribution in [1.82, 2.24) is 9.13 Å².